The minimum atomic E-state index is -0.0445. The average Bonchev–Trinajstić information content (AvgIpc) is 2.47. The zero-order valence-electron chi connectivity index (χ0n) is 12.0. The lowest BCUT2D eigenvalue weighted by Gasteiger charge is -2.17. The lowest BCUT2D eigenvalue weighted by atomic mass is 9.99. The molecule has 2 aromatic rings. The van der Waals surface area contributed by atoms with E-state index < -0.39 is 0 Å². The Hall–Kier alpha value is -1.91. The average molecular weight is 271 g/mol. The van der Waals surface area contributed by atoms with E-state index in [1.807, 2.05) is 43.3 Å². The molecule has 106 valence electrons. The van der Waals surface area contributed by atoms with E-state index in [0.717, 1.165) is 35.6 Å². The Balaban J connectivity index is 2.19. The summed E-state index contributed by atoms with van der Waals surface area (Å²) in [6.45, 7) is 4.80. The monoisotopic (exact) mass is 271 g/mol. The van der Waals surface area contributed by atoms with Gasteiger partial charge in [-0.3, -0.25) is 10.8 Å². The van der Waals surface area contributed by atoms with Gasteiger partial charge in [0.15, 0.2) is 0 Å². The lowest BCUT2D eigenvalue weighted by Crippen LogP contribution is -2.28. The number of hydrogen-bond acceptors (Lipinski definition) is 4. The van der Waals surface area contributed by atoms with Gasteiger partial charge in [-0.1, -0.05) is 19.1 Å². The summed E-state index contributed by atoms with van der Waals surface area (Å²) in [5.74, 6) is 6.59. The van der Waals surface area contributed by atoms with Gasteiger partial charge in [-0.25, -0.2) is 5.43 Å². The summed E-state index contributed by atoms with van der Waals surface area (Å²) in [7, 11) is 0. The summed E-state index contributed by atoms with van der Waals surface area (Å²) < 4.78 is 5.59. The molecule has 2 rings (SSSR count). The maximum atomic E-state index is 5.70. The van der Waals surface area contributed by atoms with Crippen molar-refractivity contribution in [2.45, 2.75) is 26.3 Å². The van der Waals surface area contributed by atoms with E-state index >= 15 is 0 Å². The van der Waals surface area contributed by atoms with E-state index in [2.05, 4.69) is 17.3 Å². The molecular weight excluding hydrogens is 250 g/mol. The van der Waals surface area contributed by atoms with Crippen LogP contribution in [0.15, 0.2) is 42.6 Å². The van der Waals surface area contributed by atoms with Crippen LogP contribution in [0.5, 0.6) is 5.75 Å². The summed E-state index contributed by atoms with van der Waals surface area (Å²) in [5, 5.41) is 0. The van der Waals surface area contributed by atoms with Crippen molar-refractivity contribution in [2.24, 2.45) is 5.84 Å². The predicted molar refractivity (Wildman–Crippen MR) is 80.4 cm³/mol. The number of nitrogens with zero attached hydrogens (tertiary/aromatic N) is 1. The summed E-state index contributed by atoms with van der Waals surface area (Å²) >= 11 is 0. The number of pyridine rings is 1. The van der Waals surface area contributed by atoms with Crippen LogP contribution in [0.25, 0.3) is 0 Å². The van der Waals surface area contributed by atoms with Crippen LogP contribution in [0.2, 0.25) is 0 Å². The largest absolute Gasteiger partial charge is 0.494 e. The molecule has 3 N–H and O–H groups in total. The Morgan fingerprint density at radius 3 is 2.55 bits per heavy atom. The standard InChI is InChI=1S/C16H21N3O/c1-3-10-20-15-6-4-13(5-7-15)16(19-17)14-8-9-18-12(2)11-14/h4-9,11,16,19H,3,10,17H2,1-2H3. The predicted octanol–water partition coefficient (Wildman–Crippen LogP) is 2.73. The Morgan fingerprint density at radius 2 is 1.95 bits per heavy atom. The minimum absolute atomic E-state index is 0.0445. The van der Waals surface area contributed by atoms with Gasteiger partial charge in [-0.2, -0.15) is 0 Å². The van der Waals surface area contributed by atoms with Gasteiger partial charge in [-0.05, 0) is 48.7 Å². The maximum Gasteiger partial charge on any atom is 0.119 e. The third-order valence-electron chi connectivity index (χ3n) is 3.11. The molecule has 0 aliphatic carbocycles. The second-order valence-corrected chi connectivity index (χ2v) is 4.75. The molecule has 0 saturated carbocycles. The van der Waals surface area contributed by atoms with Gasteiger partial charge in [0.25, 0.3) is 0 Å². The number of nitrogens with two attached hydrogens (primary N) is 1. The van der Waals surface area contributed by atoms with E-state index in [0.29, 0.717) is 0 Å². The Kier molecular flexibility index (Phi) is 5.09. The van der Waals surface area contributed by atoms with Crippen molar-refractivity contribution in [3.05, 3.63) is 59.4 Å². The molecule has 1 atom stereocenters. The second-order valence-electron chi connectivity index (χ2n) is 4.75. The topological polar surface area (TPSA) is 60.2 Å². The Bertz CT molecular complexity index is 540. The highest BCUT2D eigenvalue weighted by Gasteiger charge is 2.12. The molecular formula is C16H21N3O. The Labute approximate surface area is 120 Å². The zero-order chi connectivity index (χ0) is 14.4. The van der Waals surface area contributed by atoms with Crippen LogP contribution in [0.1, 0.15) is 36.2 Å². The molecule has 4 heteroatoms. The first-order valence-electron chi connectivity index (χ1n) is 6.86. The first-order valence-corrected chi connectivity index (χ1v) is 6.86. The van der Waals surface area contributed by atoms with Crippen LogP contribution in [-0.2, 0) is 0 Å². The first kappa shape index (κ1) is 14.5. The van der Waals surface area contributed by atoms with Gasteiger partial charge in [-0.15, -0.1) is 0 Å². The number of hydrazine groups is 1. The van der Waals surface area contributed by atoms with Crippen LogP contribution in [0.3, 0.4) is 0 Å². The molecule has 20 heavy (non-hydrogen) atoms. The molecule has 1 aromatic carbocycles. The quantitative estimate of drug-likeness (QED) is 0.626. The third kappa shape index (κ3) is 3.56. The molecule has 0 bridgehead atoms. The van der Waals surface area contributed by atoms with Gasteiger partial charge in [0.1, 0.15) is 5.75 Å². The van der Waals surface area contributed by atoms with Crippen molar-refractivity contribution < 1.29 is 4.74 Å². The molecule has 0 radical (unpaired) electrons. The van der Waals surface area contributed by atoms with Gasteiger partial charge >= 0.3 is 0 Å². The van der Waals surface area contributed by atoms with E-state index in [1.54, 1.807) is 6.20 Å². The van der Waals surface area contributed by atoms with Crippen molar-refractivity contribution in [3.8, 4) is 5.75 Å². The number of hydrogen-bond donors (Lipinski definition) is 2. The highest BCUT2D eigenvalue weighted by molar-refractivity contribution is 5.35. The highest BCUT2D eigenvalue weighted by atomic mass is 16.5. The summed E-state index contributed by atoms with van der Waals surface area (Å²) in [4.78, 5) is 4.21. The van der Waals surface area contributed by atoms with Crippen molar-refractivity contribution >= 4 is 0 Å². The lowest BCUT2D eigenvalue weighted by molar-refractivity contribution is 0.317. The molecule has 1 aromatic heterocycles. The van der Waals surface area contributed by atoms with E-state index in [9.17, 15) is 0 Å². The number of rotatable bonds is 6. The van der Waals surface area contributed by atoms with Crippen LogP contribution < -0.4 is 16.0 Å². The SMILES string of the molecule is CCCOc1ccc(C(NN)c2ccnc(C)c2)cc1. The second kappa shape index (κ2) is 7.03. The highest BCUT2D eigenvalue weighted by Crippen LogP contribution is 2.23. The molecule has 0 spiro atoms. The molecule has 0 fully saturated rings. The molecule has 0 aliphatic heterocycles. The molecule has 0 amide bonds. The molecule has 1 heterocycles. The summed E-state index contributed by atoms with van der Waals surface area (Å²) in [5.41, 5.74) is 6.03. The van der Waals surface area contributed by atoms with E-state index in [1.165, 1.54) is 0 Å². The van der Waals surface area contributed by atoms with Crippen LogP contribution in [0, 0.1) is 6.92 Å². The number of benzene rings is 1. The number of ether oxygens (including phenoxy) is 1. The fourth-order valence-corrected chi connectivity index (χ4v) is 2.11. The minimum Gasteiger partial charge on any atom is -0.494 e. The number of nitrogens with one attached hydrogen (secondary N) is 1. The summed E-state index contributed by atoms with van der Waals surface area (Å²) in [6, 6.07) is 12.0. The zero-order valence-corrected chi connectivity index (χ0v) is 12.0. The molecule has 4 nitrogen and oxygen atoms in total. The van der Waals surface area contributed by atoms with Crippen molar-refractivity contribution in [1.82, 2.24) is 10.4 Å². The number of aryl methyl sites for hydroxylation is 1. The molecule has 1 unspecified atom stereocenters. The van der Waals surface area contributed by atoms with E-state index in [4.69, 9.17) is 10.6 Å². The summed E-state index contributed by atoms with van der Waals surface area (Å²) in [6.07, 6.45) is 2.80. The van der Waals surface area contributed by atoms with Crippen LogP contribution >= 0.6 is 0 Å². The van der Waals surface area contributed by atoms with Gasteiger partial charge in [0.2, 0.25) is 0 Å². The smallest absolute Gasteiger partial charge is 0.119 e. The fourth-order valence-electron chi connectivity index (χ4n) is 2.11. The van der Waals surface area contributed by atoms with Gasteiger partial charge in [0, 0.05) is 11.9 Å². The molecule has 0 aliphatic rings. The van der Waals surface area contributed by atoms with Crippen LogP contribution in [0.4, 0.5) is 0 Å². The normalized spacial score (nSPS) is 12.2. The van der Waals surface area contributed by atoms with Gasteiger partial charge in [0.05, 0.1) is 12.6 Å². The first-order chi connectivity index (χ1) is 9.74. The number of aromatic nitrogens is 1. The van der Waals surface area contributed by atoms with Crippen molar-refractivity contribution in [2.75, 3.05) is 6.61 Å². The van der Waals surface area contributed by atoms with E-state index in [-0.39, 0.29) is 6.04 Å². The fraction of sp³-hybridized carbons (Fsp3) is 0.312. The van der Waals surface area contributed by atoms with Crippen LogP contribution in [-0.4, -0.2) is 11.6 Å². The van der Waals surface area contributed by atoms with Crippen molar-refractivity contribution in [1.29, 1.82) is 0 Å². The maximum absolute atomic E-state index is 5.70. The van der Waals surface area contributed by atoms with Gasteiger partial charge < -0.3 is 4.74 Å². The Morgan fingerprint density at radius 1 is 1.20 bits per heavy atom. The van der Waals surface area contributed by atoms with Crippen molar-refractivity contribution in [3.63, 3.8) is 0 Å². The molecule has 0 saturated heterocycles. The third-order valence-corrected chi connectivity index (χ3v) is 3.11.